The number of anilines is 1. The smallest absolute Gasteiger partial charge is 0.274 e. The van der Waals surface area contributed by atoms with Gasteiger partial charge in [0.2, 0.25) is 0 Å². The van der Waals surface area contributed by atoms with Crippen LogP contribution in [0, 0.1) is 18.8 Å². The number of pyridine rings is 1. The Balaban J connectivity index is 2.31. The van der Waals surface area contributed by atoms with Gasteiger partial charge in [0.1, 0.15) is 12.3 Å². The zero-order valence-electron chi connectivity index (χ0n) is 11.4. The first kappa shape index (κ1) is 15.0. The average molecular weight is 301 g/mol. The number of carbonyl (C=O) groups excluding carboxylic acids is 1. The van der Waals surface area contributed by atoms with E-state index in [4.69, 9.17) is 16.7 Å². The molecule has 0 radical (unpaired) electrons. The zero-order valence-corrected chi connectivity index (χ0v) is 12.1. The van der Waals surface area contributed by atoms with E-state index < -0.39 is 0 Å². The Morgan fingerprint density at radius 2 is 2.24 bits per heavy atom. The van der Waals surface area contributed by atoms with Crippen molar-refractivity contribution >= 4 is 23.2 Å². The summed E-state index contributed by atoms with van der Waals surface area (Å²) < 4.78 is 0. The maximum atomic E-state index is 12.2. The van der Waals surface area contributed by atoms with E-state index in [9.17, 15) is 4.79 Å². The molecular formula is C16H13ClN2O2. The Hall–Kier alpha value is -2.35. The first-order valence-corrected chi connectivity index (χ1v) is 6.62. The van der Waals surface area contributed by atoms with Gasteiger partial charge in [0.05, 0.1) is 5.69 Å². The quantitative estimate of drug-likeness (QED) is 0.838. The van der Waals surface area contributed by atoms with Gasteiger partial charge < -0.3 is 10.4 Å². The highest BCUT2D eigenvalue weighted by Crippen LogP contribution is 2.20. The summed E-state index contributed by atoms with van der Waals surface area (Å²) in [5.41, 5.74) is 2.20. The summed E-state index contributed by atoms with van der Waals surface area (Å²) in [7, 11) is 0. The Kier molecular flexibility index (Phi) is 4.94. The third-order valence-electron chi connectivity index (χ3n) is 2.76. The number of benzene rings is 1. The molecule has 2 rings (SSSR count). The molecule has 0 bridgehead atoms. The van der Waals surface area contributed by atoms with Crippen molar-refractivity contribution in [1.82, 2.24) is 4.98 Å². The number of aromatic nitrogens is 1. The largest absolute Gasteiger partial charge is 0.384 e. The molecule has 1 aromatic carbocycles. The highest BCUT2D eigenvalue weighted by Gasteiger charge is 2.12. The standard InChI is InChI=1S/C16H13ClN2O2/c1-11-4-2-8-18-15(11)16(21)19-14-7-6-13(17)10-12(14)5-3-9-20/h2,4,6-8,10,20H,9H2,1H3,(H,19,21). The van der Waals surface area contributed by atoms with E-state index in [2.05, 4.69) is 22.1 Å². The summed E-state index contributed by atoms with van der Waals surface area (Å²) in [5, 5.41) is 12.0. The summed E-state index contributed by atoms with van der Waals surface area (Å²) in [6, 6.07) is 8.54. The molecule has 21 heavy (non-hydrogen) atoms. The van der Waals surface area contributed by atoms with Gasteiger partial charge in [-0.15, -0.1) is 0 Å². The van der Waals surface area contributed by atoms with Gasteiger partial charge in [-0.25, -0.2) is 0 Å². The van der Waals surface area contributed by atoms with E-state index in [0.29, 0.717) is 22.0 Å². The first-order chi connectivity index (χ1) is 10.1. The molecule has 4 nitrogen and oxygen atoms in total. The monoisotopic (exact) mass is 300 g/mol. The predicted octanol–water partition coefficient (Wildman–Crippen LogP) is 2.64. The van der Waals surface area contributed by atoms with Crippen LogP contribution in [0.2, 0.25) is 5.02 Å². The van der Waals surface area contributed by atoms with Crippen molar-refractivity contribution in [2.24, 2.45) is 0 Å². The first-order valence-electron chi connectivity index (χ1n) is 6.24. The van der Waals surface area contributed by atoms with Crippen molar-refractivity contribution in [3.05, 3.63) is 58.4 Å². The van der Waals surface area contributed by atoms with Crippen LogP contribution in [0.1, 0.15) is 21.6 Å². The van der Waals surface area contributed by atoms with E-state index in [1.807, 2.05) is 13.0 Å². The SMILES string of the molecule is Cc1cccnc1C(=O)Nc1ccc(Cl)cc1C#CCO. The van der Waals surface area contributed by atoms with Gasteiger partial charge >= 0.3 is 0 Å². The van der Waals surface area contributed by atoms with Gasteiger partial charge in [-0.3, -0.25) is 9.78 Å². The summed E-state index contributed by atoms with van der Waals surface area (Å²) in [6.45, 7) is 1.55. The molecular weight excluding hydrogens is 288 g/mol. The van der Waals surface area contributed by atoms with E-state index in [1.54, 1.807) is 30.5 Å². The lowest BCUT2D eigenvalue weighted by Gasteiger charge is -2.09. The maximum Gasteiger partial charge on any atom is 0.274 e. The molecule has 0 aliphatic rings. The van der Waals surface area contributed by atoms with Crippen LogP contribution in [0.15, 0.2) is 36.5 Å². The molecule has 2 N–H and O–H groups in total. The lowest BCUT2D eigenvalue weighted by atomic mass is 10.1. The second kappa shape index (κ2) is 6.89. The fraction of sp³-hybridized carbons (Fsp3) is 0.125. The lowest BCUT2D eigenvalue weighted by molar-refractivity contribution is 0.102. The molecule has 1 amide bonds. The van der Waals surface area contributed by atoms with E-state index in [-0.39, 0.29) is 12.5 Å². The van der Waals surface area contributed by atoms with Crippen LogP contribution in [-0.4, -0.2) is 22.6 Å². The number of nitrogens with one attached hydrogen (secondary N) is 1. The van der Waals surface area contributed by atoms with Crippen molar-refractivity contribution in [3.8, 4) is 11.8 Å². The van der Waals surface area contributed by atoms with Crippen LogP contribution < -0.4 is 5.32 Å². The van der Waals surface area contributed by atoms with Crippen LogP contribution in [0.3, 0.4) is 0 Å². The van der Waals surface area contributed by atoms with Crippen molar-refractivity contribution in [1.29, 1.82) is 0 Å². The van der Waals surface area contributed by atoms with E-state index in [1.165, 1.54) is 0 Å². The van der Waals surface area contributed by atoms with Crippen molar-refractivity contribution in [3.63, 3.8) is 0 Å². The third-order valence-corrected chi connectivity index (χ3v) is 2.99. The number of amides is 1. The normalized spacial score (nSPS) is 9.67. The Morgan fingerprint density at radius 1 is 1.43 bits per heavy atom. The number of aliphatic hydroxyl groups excluding tert-OH is 1. The summed E-state index contributed by atoms with van der Waals surface area (Å²) in [5.74, 6) is 4.98. The van der Waals surface area contributed by atoms with Gasteiger partial charge in [0.25, 0.3) is 5.91 Å². The van der Waals surface area contributed by atoms with Crippen LogP contribution in [-0.2, 0) is 0 Å². The van der Waals surface area contributed by atoms with E-state index >= 15 is 0 Å². The molecule has 0 unspecified atom stereocenters. The van der Waals surface area contributed by atoms with Crippen molar-refractivity contribution < 1.29 is 9.90 Å². The highest BCUT2D eigenvalue weighted by molar-refractivity contribution is 6.30. The van der Waals surface area contributed by atoms with Crippen LogP contribution in [0.25, 0.3) is 0 Å². The predicted molar refractivity (Wildman–Crippen MR) is 82.3 cm³/mol. The average Bonchev–Trinajstić information content (AvgIpc) is 2.47. The number of halogens is 1. The molecule has 0 fully saturated rings. The molecule has 0 aliphatic carbocycles. The van der Waals surface area contributed by atoms with E-state index in [0.717, 1.165) is 5.56 Å². The topological polar surface area (TPSA) is 62.2 Å². The number of hydrogen-bond donors (Lipinski definition) is 2. The molecule has 0 spiro atoms. The van der Waals surface area contributed by atoms with Gasteiger partial charge in [0, 0.05) is 16.8 Å². The highest BCUT2D eigenvalue weighted by atomic mass is 35.5. The Labute approximate surface area is 127 Å². The molecule has 1 heterocycles. The van der Waals surface area contributed by atoms with Crippen LogP contribution >= 0.6 is 11.6 Å². The molecule has 106 valence electrons. The minimum atomic E-state index is -0.317. The van der Waals surface area contributed by atoms with Gasteiger partial charge in [-0.1, -0.05) is 29.5 Å². The maximum absolute atomic E-state index is 12.2. The molecule has 1 aromatic heterocycles. The molecule has 2 aromatic rings. The fourth-order valence-corrected chi connectivity index (χ4v) is 1.94. The number of aryl methyl sites for hydroxylation is 1. The fourth-order valence-electron chi connectivity index (χ4n) is 1.77. The van der Waals surface area contributed by atoms with Crippen molar-refractivity contribution in [2.45, 2.75) is 6.92 Å². The molecule has 0 aliphatic heterocycles. The number of nitrogens with zero attached hydrogens (tertiary/aromatic N) is 1. The summed E-state index contributed by atoms with van der Waals surface area (Å²) in [6.07, 6.45) is 1.57. The van der Waals surface area contributed by atoms with Crippen molar-refractivity contribution in [2.75, 3.05) is 11.9 Å². The second-order valence-electron chi connectivity index (χ2n) is 4.27. The second-order valence-corrected chi connectivity index (χ2v) is 4.71. The Morgan fingerprint density at radius 3 is 2.95 bits per heavy atom. The minimum Gasteiger partial charge on any atom is -0.384 e. The van der Waals surface area contributed by atoms with Gasteiger partial charge in [0.15, 0.2) is 0 Å². The molecule has 0 saturated carbocycles. The zero-order chi connectivity index (χ0) is 15.2. The molecule has 5 heteroatoms. The number of hydrogen-bond acceptors (Lipinski definition) is 3. The van der Waals surface area contributed by atoms with Crippen LogP contribution in [0.5, 0.6) is 0 Å². The minimum absolute atomic E-state index is 0.265. The van der Waals surface area contributed by atoms with Gasteiger partial charge in [-0.05, 0) is 36.8 Å². The number of aliphatic hydroxyl groups is 1. The number of rotatable bonds is 2. The third kappa shape index (κ3) is 3.82. The summed E-state index contributed by atoms with van der Waals surface area (Å²) in [4.78, 5) is 16.3. The van der Waals surface area contributed by atoms with Gasteiger partial charge in [-0.2, -0.15) is 0 Å². The van der Waals surface area contributed by atoms with Crippen LogP contribution in [0.4, 0.5) is 5.69 Å². The molecule has 0 saturated heterocycles. The lowest BCUT2D eigenvalue weighted by Crippen LogP contribution is -2.15. The Bertz CT molecular complexity index is 733. The molecule has 0 atom stereocenters. The number of carbonyl (C=O) groups is 1. The summed E-state index contributed by atoms with van der Waals surface area (Å²) >= 11 is 5.92.